The van der Waals surface area contributed by atoms with E-state index < -0.39 is 0 Å². The van der Waals surface area contributed by atoms with E-state index in [9.17, 15) is 0 Å². The first-order chi connectivity index (χ1) is 7.70. The lowest BCUT2D eigenvalue weighted by Crippen LogP contribution is -2.24. The maximum atomic E-state index is 2.39. The first-order valence-corrected chi connectivity index (χ1v) is 7.39. The molecule has 1 aliphatic rings. The first-order valence-electron chi connectivity index (χ1n) is 7.39. The van der Waals surface area contributed by atoms with Crippen LogP contribution in [0.2, 0.25) is 0 Å². The van der Waals surface area contributed by atoms with E-state index in [1.807, 2.05) is 0 Å². The highest BCUT2D eigenvalue weighted by atomic mass is 15.1. The molecule has 1 saturated heterocycles. The summed E-state index contributed by atoms with van der Waals surface area (Å²) < 4.78 is 0. The molecule has 0 bridgehead atoms. The van der Waals surface area contributed by atoms with Gasteiger partial charge in [-0.15, -0.1) is 0 Å². The van der Waals surface area contributed by atoms with Gasteiger partial charge in [-0.25, -0.2) is 0 Å². The van der Waals surface area contributed by atoms with Crippen molar-refractivity contribution in [3.8, 4) is 0 Å². The highest BCUT2D eigenvalue weighted by Gasteiger charge is 2.02. The zero-order valence-corrected chi connectivity index (χ0v) is 12.1. The Morgan fingerprint density at radius 2 is 1.62 bits per heavy atom. The molecule has 0 N–H and O–H groups in total. The van der Waals surface area contributed by atoms with Crippen molar-refractivity contribution in [1.82, 2.24) is 4.90 Å². The van der Waals surface area contributed by atoms with Crippen LogP contribution in [0.25, 0.3) is 0 Å². The van der Waals surface area contributed by atoms with Gasteiger partial charge < -0.3 is 4.90 Å². The van der Waals surface area contributed by atoms with E-state index in [1.165, 1.54) is 64.5 Å². The van der Waals surface area contributed by atoms with E-state index in [0.29, 0.717) is 0 Å². The average Bonchev–Trinajstić information content (AvgIpc) is 2.31. The quantitative estimate of drug-likeness (QED) is 0.615. The third-order valence-electron chi connectivity index (χ3n) is 3.58. The summed E-state index contributed by atoms with van der Waals surface area (Å²) in [7, 11) is 2.19. The van der Waals surface area contributed by atoms with Crippen molar-refractivity contribution in [2.75, 3.05) is 20.1 Å². The summed E-state index contributed by atoms with van der Waals surface area (Å²) in [6.45, 7) is 9.52. The summed E-state index contributed by atoms with van der Waals surface area (Å²) in [5, 5.41) is 0. The van der Waals surface area contributed by atoms with Crippen LogP contribution in [0, 0.1) is 5.92 Å². The second kappa shape index (κ2) is 11.4. The van der Waals surface area contributed by atoms with Crippen molar-refractivity contribution in [3.05, 3.63) is 0 Å². The molecule has 0 radical (unpaired) electrons. The normalized spacial score (nSPS) is 18.8. The molecule has 0 aromatic rings. The van der Waals surface area contributed by atoms with Crippen LogP contribution >= 0.6 is 0 Å². The Balaban J connectivity index is 0.000000288. The standard InChI is InChI=1S/C9H20.C6H13N/c1-4-6-7-8-9(3)5-2;1-7-5-3-2-4-6-7/h9H,4-8H2,1-3H3;2-6H2,1H3. The Kier molecular flexibility index (Phi) is 11.4. The Labute approximate surface area is 104 Å². The van der Waals surface area contributed by atoms with Crippen LogP contribution in [0.1, 0.15) is 72.1 Å². The number of hydrogen-bond donors (Lipinski definition) is 0. The first kappa shape index (κ1) is 16.0. The molecular formula is C15H33N. The zero-order valence-electron chi connectivity index (χ0n) is 12.1. The number of unbranched alkanes of at least 4 members (excludes halogenated alkanes) is 2. The van der Waals surface area contributed by atoms with Gasteiger partial charge in [-0.3, -0.25) is 0 Å². The Morgan fingerprint density at radius 1 is 1.00 bits per heavy atom. The van der Waals surface area contributed by atoms with Gasteiger partial charge in [0, 0.05) is 0 Å². The summed E-state index contributed by atoms with van der Waals surface area (Å²) >= 11 is 0. The monoisotopic (exact) mass is 227 g/mol. The van der Waals surface area contributed by atoms with Crippen LogP contribution in [-0.4, -0.2) is 25.0 Å². The fourth-order valence-corrected chi connectivity index (χ4v) is 2.00. The van der Waals surface area contributed by atoms with Gasteiger partial charge in [0.25, 0.3) is 0 Å². The van der Waals surface area contributed by atoms with E-state index in [4.69, 9.17) is 0 Å². The molecule has 1 unspecified atom stereocenters. The molecule has 16 heavy (non-hydrogen) atoms. The third kappa shape index (κ3) is 10.5. The second-order valence-corrected chi connectivity index (χ2v) is 5.37. The smallest absolute Gasteiger partial charge is 0.00218 e. The molecule has 0 aromatic carbocycles. The van der Waals surface area contributed by atoms with Gasteiger partial charge in [0.15, 0.2) is 0 Å². The molecule has 0 aromatic heterocycles. The lowest BCUT2D eigenvalue weighted by molar-refractivity contribution is 0.277. The fourth-order valence-electron chi connectivity index (χ4n) is 2.00. The Hall–Kier alpha value is -0.0400. The van der Waals surface area contributed by atoms with Crippen LogP contribution in [0.15, 0.2) is 0 Å². The van der Waals surface area contributed by atoms with Gasteiger partial charge in [0.1, 0.15) is 0 Å². The second-order valence-electron chi connectivity index (χ2n) is 5.37. The fraction of sp³-hybridized carbons (Fsp3) is 1.00. The molecule has 0 aliphatic carbocycles. The highest BCUT2D eigenvalue weighted by molar-refractivity contribution is 4.58. The molecule has 1 aliphatic heterocycles. The molecule has 0 amide bonds. The predicted molar refractivity (Wildman–Crippen MR) is 74.9 cm³/mol. The maximum Gasteiger partial charge on any atom is -0.00218 e. The molecular weight excluding hydrogens is 194 g/mol. The van der Waals surface area contributed by atoms with Crippen molar-refractivity contribution < 1.29 is 0 Å². The van der Waals surface area contributed by atoms with Crippen molar-refractivity contribution in [2.45, 2.75) is 72.1 Å². The number of likely N-dealkylation sites (tertiary alicyclic amines) is 1. The summed E-state index contributed by atoms with van der Waals surface area (Å²) in [6, 6.07) is 0. The van der Waals surface area contributed by atoms with Crippen LogP contribution in [0.3, 0.4) is 0 Å². The summed E-state index contributed by atoms with van der Waals surface area (Å²) in [5.41, 5.74) is 0. The van der Waals surface area contributed by atoms with Gasteiger partial charge in [-0.05, 0) is 38.9 Å². The number of nitrogens with zero attached hydrogens (tertiary/aromatic N) is 1. The van der Waals surface area contributed by atoms with E-state index in [-0.39, 0.29) is 0 Å². The van der Waals surface area contributed by atoms with Gasteiger partial charge >= 0.3 is 0 Å². The van der Waals surface area contributed by atoms with Gasteiger partial charge in [-0.2, -0.15) is 0 Å². The van der Waals surface area contributed by atoms with E-state index in [2.05, 4.69) is 32.7 Å². The molecule has 1 heteroatoms. The van der Waals surface area contributed by atoms with Crippen molar-refractivity contribution in [1.29, 1.82) is 0 Å². The molecule has 1 fully saturated rings. The van der Waals surface area contributed by atoms with E-state index in [1.54, 1.807) is 0 Å². The maximum absolute atomic E-state index is 2.39. The van der Waals surface area contributed by atoms with Gasteiger partial charge in [0.05, 0.1) is 0 Å². The van der Waals surface area contributed by atoms with E-state index in [0.717, 1.165) is 5.92 Å². The van der Waals surface area contributed by atoms with Crippen LogP contribution < -0.4 is 0 Å². The van der Waals surface area contributed by atoms with Gasteiger partial charge in [0.2, 0.25) is 0 Å². The lowest BCUT2D eigenvalue weighted by atomic mass is 10.0. The average molecular weight is 227 g/mol. The number of hydrogen-bond acceptors (Lipinski definition) is 1. The molecule has 1 atom stereocenters. The Morgan fingerprint density at radius 3 is 2.00 bits per heavy atom. The largest absolute Gasteiger partial charge is 0.306 e. The van der Waals surface area contributed by atoms with Crippen LogP contribution in [0.4, 0.5) is 0 Å². The van der Waals surface area contributed by atoms with Crippen molar-refractivity contribution >= 4 is 0 Å². The topological polar surface area (TPSA) is 3.24 Å². The molecule has 0 spiro atoms. The lowest BCUT2D eigenvalue weighted by Gasteiger charge is -2.20. The highest BCUT2D eigenvalue weighted by Crippen LogP contribution is 2.11. The molecule has 1 heterocycles. The predicted octanol–water partition coefficient (Wildman–Crippen LogP) is 4.71. The molecule has 1 rings (SSSR count). The summed E-state index contributed by atoms with van der Waals surface area (Å²) in [4.78, 5) is 2.39. The van der Waals surface area contributed by atoms with Crippen LogP contribution in [-0.2, 0) is 0 Å². The SMILES string of the molecule is CCCCCC(C)CC.CN1CCCCC1. The molecule has 98 valence electrons. The molecule has 0 saturated carbocycles. The third-order valence-corrected chi connectivity index (χ3v) is 3.58. The van der Waals surface area contributed by atoms with Crippen LogP contribution in [0.5, 0.6) is 0 Å². The molecule has 1 nitrogen and oxygen atoms in total. The minimum atomic E-state index is 0.955. The van der Waals surface area contributed by atoms with Crippen molar-refractivity contribution in [2.24, 2.45) is 5.92 Å². The minimum absolute atomic E-state index is 0.955. The van der Waals surface area contributed by atoms with E-state index >= 15 is 0 Å². The Bertz CT molecular complexity index is 127. The zero-order chi connectivity index (χ0) is 12.2. The number of piperidine rings is 1. The van der Waals surface area contributed by atoms with Gasteiger partial charge in [-0.1, -0.05) is 59.3 Å². The minimum Gasteiger partial charge on any atom is -0.306 e. The summed E-state index contributed by atoms with van der Waals surface area (Å²) in [5.74, 6) is 0.955. The number of rotatable bonds is 5. The van der Waals surface area contributed by atoms with Crippen molar-refractivity contribution in [3.63, 3.8) is 0 Å². The summed E-state index contributed by atoms with van der Waals surface area (Å²) in [6.07, 6.45) is 11.3.